The van der Waals surface area contributed by atoms with E-state index >= 15 is 0 Å². The molecule has 0 radical (unpaired) electrons. The Morgan fingerprint density at radius 1 is 1.50 bits per heavy atom. The number of hydrogen-bond donors (Lipinski definition) is 2. The quantitative estimate of drug-likeness (QED) is 0.634. The molecule has 1 amide bonds. The van der Waals surface area contributed by atoms with Crippen molar-refractivity contribution in [1.82, 2.24) is 5.32 Å². The minimum absolute atomic E-state index is 0.00856. The van der Waals surface area contributed by atoms with Gasteiger partial charge in [-0.2, -0.15) is 0 Å². The lowest BCUT2D eigenvalue weighted by Gasteiger charge is -2.28. The highest BCUT2D eigenvalue weighted by Crippen LogP contribution is 2.16. The van der Waals surface area contributed by atoms with Gasteiger partial charge in [-0.25, -0.2) is 4.39 Å². The average Bonchev–Trinajstić information content (AvgIpc) is 2.09. The molecule has 70 valence electrons. The molecule has 1 saturated carbocycles. The van der Waals surface area contributed by atoms with Gasteiger partial charge in [0, 0.05) is 12.1 Å². The number of rotatable bonds is 2. The lowest BCUT2D eigenvalue weighted by Crippen LogP contribution is -2.49. The second-order valence-electron chi connectivity index (χ2n) is 3.26. The standard InChI is InChI=1S/C8H15FN2O/c9-5-8(12)11-7-4-2-1-3-6(7)10/h6-7H,1-5,10H2,(H,11,12). The molecule has 0 aromatic rings. The molecule has 0 aromatic carbocycles. The van der Waals surface area contributed by atoms with Crippen molar-refractivity contribution in [2.45, 2.75) is 37.8 Å². The van der Waals surface area contributed by atoms with E-state index in [1.807, 2.05) is 0 Å². The summed E-state index contributed by atoms with van der Waals surface area (Å²) >= 11 is 0. The van der Waals surface area contributed by atoms with Gasteiger partial charge >= 0.3 is 0 Å². The summed E-state index contributed by atoms with van der Waals surface area (Å²) in [6.45, 7) is -0.941. The summed E-state index contributed by atoms with van der Waals surface area (Å²) in [5.41, 5.74) is 5.74. The van der Waals surface area contributed by atoms with Crippen LogP contribution in [0.15, 0.2) is 0 Å². The topological polar surface area (TPSA) is 55.1 Å². The largest absolute Gasteiger partial charge is 0.350 e. The zero-order valence-corrected chi connectivity index (χ0v) is 7.05. The molecule has 1 aliphatic rings. The van der Waals surface area contributed by atoms with Crippen LogP contribution in [0.5, 0.6) is 0 Å². The summed E-state index contributed by atoms with van der Waals surface area (Å²) in [5.74, 6) is -0.544. The molecule has 1 fully saturated rings. The first-order chi connectivity index (χ1) is 5.74. The molecule has 4 heteroatoms. The van der Waals surface area contributed by atoms with Crippen molar-refractivity contribution in [1.29, 1.82) is 0 Å². The number of hydrogen-bond acceptors (Lipinski definition) is 2. The lowest BCUT2D eigenvalue weighted by atomic mass is 9.91. The molecule has 0 heterocycles. The highest BCUT2D eigenvalue weighted by molar-refractivity contribution is 5.77. The third-order valence-corrected chi connectivity index (χ3v) is 2.29. The van der Waals surface area contributed by atoms with Crippen LogP contribution in [-0.2, 0) is 4.79 Å². The zero-order chi connectivity index (χ0) is 8.97. The van der Waals surface area contributed by atoms with E-state index in [-0.39, 0.29) is 12.1 Å². The summed E-state index contributed by atoms with van der Waals surface area (Å²) in [6.07, 6.45) is 4.00. The van der Waals surface area contributed by atoms with Gasteiger partial charge in [-0.15, -0.1) is 0 Å². The van der Waals surface area contributed by atoms with E-state index in [2.05, 4.69) is 5.32 Å². The molecule has 3 N–H and O–H groups in total. The molecule has 3 nitrogen and oxygen atoms in total. The maximum absolute atomic E-state index is 11.8. The predicted octanol–water partition coefficient (Wildman–Crippen LogP) is 0.342. The fraction of sp³-hybridized carbons (Fsp3) is 0.875. The van der Waals surface area contributed by atoms with Gasteiger partial charge in [-0.3, -0.25) is 4.79 Å². The van der Waals surface area contributed by atoms with Crippen molar-refractivity contribution in [2.24, 2.45) is 5.73 Å². The Labute approximate surface area is 71.5 Å². The summed E-state index contributed by atoms with van der Waals surface area (Å²) in [7, 11) is 0. The second kappa shape index (κ2) is 4.40. The molecule has 2 unspecified atom stereocenters. The molecule has 12 heavy (non-hydrogen) atoms. The van der Waals surface area contributed by atoms with Crippen LogP contribution < -0.4 is 11.1 Å². The molecule has 0 bridgehead atoms. The zero-order valence-electron chi connectivity index (χ0n) is 7.05. The smallest absolute Gasteiger partial charge is 0.251 e. The van der Waals surface area contributed by atoms with E-state index in [4.69, 9.17) is 5.73 Å². The van der Waals surface area contributed by atoms with Crippen LogP contribution in [-0.4, -0.2) is 24.7 Å². The Morgan fingerprint density at radius 2 is 2.17 bits per heavy atom. The number of alkyl halides is 1. The monoisotopic (exact) mass is 174 g/mol. The van der Waals surface area contributed by atoms with Gasteiger partial charge in [0.25, 0.3) is 5.91 Å². The number of halogens is 1. The minimum Gasteiger partial charge on any atom is -0.350 e. The maximum Gasteiger partial charge on any atom is 0.251 e. The van der Waals surface area contributed by atoms with Crippen LogP contribution in [0, 0.1) is 0 Å². The highest BCUT2D eigenvalue weighted by atomic mass is 19.1. The molecular weight excluding hydrogens is 159 g/mol. The SMILES string of the molecule is NC1CCCCC1NC(=O)CF. The van der Waals surface area contributed by atoms with Gasteiger partial charge in [-0.05, 0) is 12.8 Å². The van der Waals surface area contributed by atoms with Crippen molar-refractivity contribution >= 4 is 5.91 Å². The van der Waals surface area contributed by atoms with E-state index in [0.29, 0.717) is 0 Å². The van der Waals surface area contributed by atoms with Crippen LogP contribution in [0.25, 0.3) is 0 Å². The van der Waals surface area contributed by atoms with Gasteiger partial charge in [-0.1, -0.05) is 12.8 Å². The van der Waals surface area contributed by atoms with Crippen LogP contribution >= 0.6 is 0 Å². The lowest BCUT2D eigenvalue weighted by molar-refractivity contribution is -0.122. The Morgan fingerprint density at radius 3 is 2.75 bits per heavy atom. The second-order valence-corrected chi connectivity index (χ2v) is 3.26. The van der Waals surface area contributed by atoms with E-state index in [1.54, 1.807) is 0 Å². The van der Waals surface area contributed by atoms with Crippen LogP contribution in [0.2, 0.25) is 0 Å². The fourth-order valence-electron chi connectivity index (χ4n) is 1.58. The number of nitrogens with two attached hydrogens (primary N) is 1. The van der Waals surface area contributed by atoms with Crippen molar-refractivity contribution in [2.75, 3.05) is 6.67 Å². The van der Waals surface area contributed by atoms with Gasteiger partial charge < -0.3 is 11.1 Å². The summed E-state index contributed by atoms with van der Waals surface area (Å²) in [5, 5.41) is 2.58. The number of carbonyl (C=O) groups excluding carboxylic acids is 1. The number of carbonyl (C=O) groups is 1. The van der Waals surface area contributed by atoms with E-state index in [9.17, 15) is 9.18 Å². The maximum atomic E-state index is 11.8. The van der Waals surface area contributed by atoms with Crippen molar-refractivity contribution in [3.63, 3.8) is 0 Å². The molecule has 0 spiro atoms. The number of nitrogens with one attached hydrogen (secondary N) is 1. The van der Waals surface area contributed by atoms with Crippen LogP contribution in [0.1, 0.15) is 25.7 Å². The Balaban J connectivity index is 2.33. The molecule has 2 atom stereocenters. The highest BCUT2D eigenvalue weighted by Gasteiger charge is 2.22. The van der Waals surface area contributed by atoms with Crippen molar-refractivity contribution < 1.29 is 9.18 Å². The fourth-order valence-corrected chi connectivity index (χ4v) is 1.58. The third-order valence-electron chi connectivity index (χ3n) is 2.29. The summed E-state index contributed by atoms with van der Waals surface area (Å²) in [4.78, 5) is 10.7. The van der Waals surface area contributed by atoms with E-state index in [0.717, 1.165) is 25.7 Å². The van der Waals surface area contributed by atoms with Gasteiger partial charge in [0.1, 0.15) is 0 Å². The molecule has 1 rings (SSSR count). The first-order valence-electron chi connectivity index (χ1n) is 4.35. The molecular formula is C8H15FN2O. The molecule has 0 aliphatic heterocycles. The first kappa shape index (κ1) is 9.45. The van der Waals surface area contributed by atoms with Crippen LogP contribution in [0.3, 0.4) is 0 Å². The molecule has 1 aliphatic carbocycles. The average molecular weight is 174 g/mol. The van der Waals surface area contributed by atoms with Gasteiger partial charge in [0.05, 0.1) is 0 Å². The first-order valence-corrected chi connectivity index (χ1v) is 4.35. The Kier molecular flexibility index (Phi) is 3.47. The van der Waals surface area contributed by atoms with E-state index in [1.165, 1.54) is 0 Å². The Bertz CT molecular complexity index is 163. The minimum atomic E-state index is -0.941. The summed E-state index contributed by atoms with van der Waals surface area (Å²) in [6, 6.07) is -0.00347. The van der Waals surface area contributed by atoms with Gasteiger partial charge in [0.2, 0.25) is 0 Å². The normalized spacial score (nSPS) is 29.8. The Hall–Kier alpha value is -0.640. The van der Waals surface area contributed by atoms with Gasteiger partial charge in [0.15, 0.2) is 6.67 Å². The number of amides is 1. The molecule has 0 aromatic heterocycles. The van der Waals surface area contributed by atoms with Crippen molar-refractivity contribution in [3.8, 4) is 0 Å². The predicted molar refractivity (Wildman–Crippen MR) is 44.3 cm³/mol. The molecule has 0 saturated heterocycles. The summed E-state index contributed by atoms with van der Waals surface area (Å²) < 4.78 is 11.8. The van der Waals surface area contributed by atoms with E-state index < -0.39 is 12.6 Å². The van der Waals surface area contributed by atoms with Crippen molar-refractivity contribution in [3.05, 3.63) is 0 Å². The van der Waals surface area contributed by atoms with Crippen LogP contribution in [0.4, 0.5) is 4.39 Å². The third kappa shape index (κ3) is 2.44.